The lowest BCUT2D eigenvalue weighted by atomic mass is 10.1. The van der Waals surface area contributed by atoms with Gasteiger partial charge >= 0.3 is 11.9 Å². The van der Waals surface area contributed by atoms with E-state index in [0.29, 0.717) is 30.2 Å². The molecule has 0 bridgehead atoms. The zero-order valence-electron chi connectivity index (χ0n) is 11.4. The molecule has 9 nitrogen and oxygen atoms in total. The van der Waals surface area contributed by atoms with Crippen molar-refractivity contribution >= 4 is 34.0 Å². The van der Waals surface area contributed by atoms with Crippen LogP contribution >= 0.6 is 11.3 Å². The fraction of sp³-hybridized carbons (Fsp3) is 0.364. The number of amides is 1. The van der Waals surface area contributed by atoms with Gasteiger partial charge in [0.1, 0.15) is 10.8 Å². The van der Waals surface area contributed by atoms with E-state index in [1.807, 2.05) is 0 Å². The van der Waals surface area contributed by atoms with Crippen molar-refractivity contribution in [2.45, 2.75) is 13.0 Å². The van der Waals surface area contributed by atoms with Gasteiger partial charge in [0.05, 0.1) is 18.8 Å². The van der Waals surface area contributed by atoms with E-state index in [2.05, 4.69) is 16.6 Å². The Bertz CT molecular complexity index is 557. The summed E-state index contributed by atoms with van der Waals surface area (Å²) in [5.41, 5.74) is 9.01. The molecule has 1 aliphatic heterocycles. The monoisotopic (exact) mass is 315 g/mol. The van der Waals surface area contributed by atoms with Crippen molar-refractivity contribution in [3.8, 4) is 0 Å². The summed E-state index contributed by atoms with van der Waals surface area (Å²) in [6.45, 7) is 0.916. The Hall–Kier alpha value is -2.01. The highest BCUT2D eigenvalue weighted by Gasteiger charge is 2.25. The molecule has 0 spiro atoms. The highest BCUT2D eigenvalue weighted by Crippen LogP contribution is 2.36. The summed E-state index contributed by atoms with van der Waals surface area (Å²) in [5.74, 6) is 1.69. The molecule has 0 aromatic carbocycles. The van der Waals surface area contributed by atoms with Gasteiger partial charge in [0.25, 0.3) is 0 Å². The van der Waals surface area contributed by atoms with Crippen LogP contribution in [-0.2, 0) is 27.4 Å². The standard InChI is InChI=1S/C10H11N3O4S.CH6N2/c11-7(12)6-4-1-2-17-3-5(4)18-9(6)13-8(14)10(15)16;1-3-2/h1-3H2,(H3,11,12)(H,13,14)(H,15,16);3H,2H2,1H3. The quantitative estimate of drug-likeness (QED) is 0.137. The Morgan fingerprint density at radius 3 is 2.62 bits per heavy atom. The first kappa shape index (κ1) is 17.0. The number of carboxylic acids is 1. The van der Waals surface area contributed by atoms with Crippen molar-refractivity contribution in [2.24, 2.45) is 11.6 Å². The number of rotatable bonds is 2. The Morgan fingerprint density at radius 2 is 2.10 bits per heavy atom. The van der Waals surface area contributed by atoms with E-state index in [-0.39, 0.29) is 5.84 Å². The summed E-state index contributed by atoms with van der Waals surface area (Å²) in [7, 11) is 1.65. The number of carbonyl (C=O) groups is 2. The molecule has 0 atom stereocenters. The number of nitrogens with two attached hydrogens (primary N) is 2. The average molecular weight is 315 g/mol. The van der Waals surface area contributed by atoms with Crippen LogP contribution in [0, 0.1) is 5.41 Å². The van der Waals surface area contributed by atoms with Gasteiger partial charge in [0, 0.05) is 4.88 Å². The number of aliphatic carboxylic acids is 1. The average Bonchev–Trinajstić information content (AvgIpc) is 2.77. The molecule has 116 valence electrons. The second-order valence-electron chi connectivity index (χ2n) is 3.97. The fourth-order valence-corrected chi connectivity index (χ4v) is 2.96. The van der Waals surface area contributed by atoms with Crippen LogP contribution in [0.1, 0.15) is 16.0 Å². The van der Waals surface area contributed by atoms with Gasteiger partial charge < -0.3 is 20.9 Å². The van der Waals surface area contributed by atoms with Gasteiger partial charge in [-0.3, -0.25) is 21.5 Å². The van der Waals surface area contributed by atoms with Gasteiger partial charge in [-0.15, -0.1) is 11.3 Å². The number of nitrogen functional groups attached to an aromatic ring is 1. The molecule has 2 heterocycles. The maximum atomic E-state index is 11.2. The number of hydrogen-bond acceptors (Lipinski definition) is 7. The summed E-state index contributed by atoms with van der Waals surface area (Å²) in [6, 6.07) is 0. The van der Waals surface area contributed by atoms with Crippen LogP contribution in [0.5, 0.6) is 0 Å². The minimum Gasteiger partial charge on any atom is -0.474 e. The summed E-state index contributed by atoms with van der Waals surface area (Å²) in [6.07, 6.45) is 0.601. The van der Waals surface area contributed by atoms with Gasteiger partial charge in [-0.1, -0.05) is 0 Å². The molecule has 21 heavy (non-hydrogen) atoms. The number of hydrazine groups is 1. The highest BCUT2D eigenvalue weighted by atomic mass is 32.1. The number of anilines is 1. The van der Waals surface area contributed by atoms with Crippen molar-refractivity contribution in [2.75, 3.05) is 19.0 Å². The van der Waals surface area contributed by atoms with Crippen molar-refractivity contribution in [3.05, 3.63) is 16.0 Å². The van der Waals surface area contributed by atoms with E-state index < -0.39 is 11.9 Å². The second-order valence-corrected chi connectivity index (χ2v) is 5.08. The third kappa shape index (κ3) is 4.23. The lowest BCUT2D eigenvalue weighted by Gasteiger charge is -2.13. The number of carboxylic acid groups (broad SMARTS) is 1. The molecule has 0 saturated heterocycles. The smallest absolute Gasteiger partial charge is 0.394 e. The van der Waals surface area contributed by atoms with Gasteiger partial charge in [0.15, 0.2) is 0 Å². The van der Waals surface area contributed by atoms with Gasteiger partial charge in [-0.05, 0) is 19.0 Å². The van der Waals surface area contributed by atoms with E-state index in [1.165, 1.54) is 11.3 Å². The molecule has 1 aromatic rings. The largest absolute Gasteiger partial charge is 0.474 e. The van der Waals surface area contributed by atoms with Crippen LogP contribution in [-0.4, -0.2) is 36.5 Å². The van der Waals surface area contributed by atoms with Crippen LogP contribution in [0.25, 0.3) is 0 Å². The Kier molecular flexibility index (Phi) is 6.24. The predicted molar refractivity (Wildman–Crippen MR) is 78.2 cm³/mol. The van der Waals surface area contributed by atoms with E-state index in [4.69, 9.17) is 21.0 Å². The summed E-state index contributed by atoms with van der Waals surface area (Å²) >= 11 is 1.19. The first-order chi connectivity index (χ1) is 9.92. The van der Waals surface area contributed by atoms with Gasteiger partial charge in [-0.25, -0.2) is 4.79 Å². The minimum atomic E-state index is -1.58. The van der Waals surface area contributed by atoms with Crippen LogP contribution in [0.15, 0.2) is 0 Å². The Balaban J connectivity index is 0.000000677. The SMILES string of the molecule is CNN.N=C(N)c1c(NC(=O)C(=O)O)sc2c1CCOC2. The maximum Gasteiger partial charge on any atom is 0.394 e. The van der Waals surface area contributed by atoms with Crippen LogP contribution < -0.4 is 22.3 Å². The minimum absolute atomic E-state index is 0.185. The number of thiophene rings is 1. The van der Waals surface area contributed by atoms with E-state index in [1.54, 1.807) is 7.05 Å². The topological polar surface area (TPSA) is 164 Å². The predicted octanol–water partition coefficient (Wildman–Crippen LogP) is -0.793. The molecule has 8 N–H and O–H groups in total. The summed E-state index contributed by atoms with van der Waals surface area (Å²) < 4.78 is 5.27. The van der Waals surface area contributed by atoms with Crippen molar-refractivity contribution in [1.29, 1.82) is 5.41 Å². The molecule has 2 rings (SSSR count). The lowest BCUT2D eigenvalue weighted by Crippen LogP contribution is -2.24. The van der Waals surface area contributed by atoms with Crippen LogP contribution in [0.2, 0.25) is 0 Å². The van der Waals surface area contributed by atoms with Crippen molar-refractivity contribution in [1.82, 2.24) is 5.43 Å². The molecular weight excluding hydrogens is 298 g/mol. The maximum absolute atomic E-state index is 11.2. The molecule has 1 aromatic heterocycles. The number of fused-ring (bicyclic) bond motifs is 1. The molecule has 1 aliphatic rings. The Morgan fingerprint density at radius 1 is 1.48 bits per heavy atom. The second kappa shape index (κ2) is 7.69. The number of amidine groups is 1. The normalized spacial score (nSPS) is 12.7. The lowest BCUT2D eigenvalue weighted by molar-refractivity contribution is -0.147. The van der Waals surface area contributed by atoms with Crippen LogP contribution in [0.4, 0.5) is 5.00 Å². The number of carbonyl (C=O) groups excluding carboxylic acids is 1. The molecule has 0 fully saturated rings. The van der Waals surface area contributed by atoms with E-state index >= 15 is 0 Å². The molecule has 1 amide bonds. The van der Waals surface area contributed by atoms with Gasteiger partial charge in [-0.2, -0.15) is 0 Å². The molecule has 0 aliphatic carbocycles. The van der Waals surface area contributed by atoms with E-state index in [0.717, 1.165) is 10.4 Å². The number of hydrogen-bond donors (Lipinski definition) is 6. The van der Waals surface area contributed by atoms with E-state index in [9.17, 15) is 9.59 Å². The fourth-order valence-electron chi connectivity index (χ4n) is 1.76. The zero-order valence-corrected chi connectivity index (χ0v) is 12.2. The first-order valence-corrected chi connectivity index (χ1v) is 6.72. The molecule has 0 saturated carbocycles. The molecular formula is C11H17N5O4S. The van der Waals surface area contributed by atoms with Crippen molar-refractivity contribution in [3.63, 3.8) is 0 Å². The molecule has 0 unspecified atom stereocenters. The Labute approximate surface area is 124 Å². The third-order valence-corrected chi connectivity index (χ3v) is 3.63. The number of ether oxygens (including phenoxy) is 1. The van der Waals surface area contributed by atoms with Crippen molar-refractivity contribution < 1.29 is 19.4 Å². The molecule has 0 radical (unpaired) electrons. The number of nitrogens with one attached hydrogen (secondary N) is 3. The van der Waals surface area contributed by atoms with Gasteiger partial charge in [0.2, 0.25) is 0 Å². The summed E-state index contributed by atoms with van der Waals surface area (Å²) in [5, 5.41) is 18.6. The molecule has 10 heteroatoms. The van der Waals surface area contributed by atoms with Crippen LogP contribution in [0.3, 0.4) is 0 Å². The third-order valence-electron chi connectivity index (χ3n) is 2.51. The highest BCUT2D eigenvalue weighted by molar-refractivity contribution is 7.17. The zero-order chi connectivity index (χ0) is 16.0. The summed E-state index contributed by atoms with van der Waals surface area (Å²) in [4.78, 5) is 22.5. The first-order valence-electron chi connectivity index (χ1n) is 5.90.